The van der Waals surface area contributed by atoms with E-state index in [2.05, 4.69) is 11.9 Å². The second kappa shape index (κ2) is 6.66. The molecule has 2 atom stereocenters. The normalized spacial score (nSPS) is 14.7. The SMILES string of the molecule is C=CCCC(=O)NC(C)CC(C)O. The Kier molecular flexibility index (Phi) is 6.24. The molecule has 0 radical (unpaired) electrons. The van der Waals surface area contributed by atoms with Crippen LogP contribution in [0.25, 0.3) is 0 Å². The van der Waals surface area contributed by atoms with Gasteiger partial charge >= 0.3 is 0 Å². The predicted molar refractivity (Wildman–Crippen MR) is 53.3 cm³/mol. The molecule has 76 valence electrons. The van der Waals surface area contributed by atoms with Crippen LogP contribution in [0, 0.1) is 0 Å². The molecule has 13 heavy (non-hydrogen) atoms. The molecule has 0 aromatic rings. The van der Waals surface area contributed by atoms with Crippen molar-refractivity contribution in [2.45, 2.75) is 45.3 Å². The zero-order valence-electron chi connectivity index (χ0n) is 8.42. The summed E-state index contributed by atoms with van der Waals surface area (Å²) in [6, 6.07) is 0.0392. The Morgan fingerprint density at radius 1 is 1.62 bits per heavy atom. The summed E-state index contributed by atoms with van der Waals surface area (Å²) in [5.74, 6) is 0.0213. The van der Waals surface area contributed by atoms with Gasteiger partial charge in [-0.05, 0) is 26.7 Å². The molecule has 0 aromatic carbocycles. The van der Waals surface area contributed by atoms with Crippen molar-refractivity contribution >= 4 is 5.91 Å². The summed E-state index contributed by atoms with van der Waals surface area (Å²) in [7, 11) is 0. The van der Waals surface area contributed by atoms with Crippen LogP contribution in [-0.2, 0) is 4.79 Å². The molecule has 0 aromatic heterocycles. The lowest BCUT2D eigenvalue weighted by Gasteiger charge is -2.14. The first-order valence-electron chi connectivity index (χ1n) is 4.64. The zero-order chi connectivity index (χ0) is 10.3. The molecule has 3 nitrogen and oxygen atoms in total. The van der Waals surface area contributed by atoms with Gasteiger partial charge in [0.1, 0.15) is 0 Å². The fourth-order valence-corrected chi connectivity index (χ4v) is 1.15. The van der Waals surface area contributed by atoms with Gasteiger partial charge in [0, 0.05) is 12.5 Å². The number of amides is 1. The van der Waals surface area contributed by atoms with Crippen molar-refractivity contribution < 1.29 is 9.90 Å². The lowest BCUT2D eigenvalue weighted by Crippen LogP contribution is -2.34. The van der Waals surface area contributed by atoms with Crippen molar-refractivity contribution in [2.24, 2.45) is 0 Å². The number of nitrogens with one attached hydrogen (secondary N) is 1. The minimum atomic E-state index is -0.366. The summed E-state index contributed by atoms with van der Waals surface area (Å²) in [4.78, 5) is 11.2. The van der Waals surface area contributed by atoms with Gasteiger partial charge in [0.15, 0.2) is 0 Å². The van der Waals surface area contributed by atoms with E-state index in [1.165, 1.54) is 0 Å². The summed E-state index contributed by atoms with van der Waals surface area (Å²) in [6.45, 7) is 7.14. The van der Waals surface area contributed by atoms with Crippen LogP contribution in [-0.4, -0.2) is 23.2 Å². The minimum absolute atomic E-state index is 0.0213. The van der Waals surface area contributed by atoms with Gasteiger partial charge in [-0.1, -0.05) is 6.08 Å². The molecule has 2 unspecified atom stereocenters. The van der Waals surface area contributed by atoms with E-state index in [1.54, 1.807) is 13.0 Å². The molecule has 0 saturated heterocycles. The van der Waals surface area contributed by atoms with E-state index in [4.69, 9.17) is 5.11 Å². The lowest BCUT2D eigenvalue weighted by molar-refractivity contribution is -0.121. The Labute approximate surface area is 79.8 Å². The number of aliphatic hydroxyl groups is 1. The first kappa shape index (κ1) is 12.2. The van der Waals surface area contributed by atoms with Crippen LogP contribution in [0.2, 0.25) is 0 Å². The number of hydrogen-bond acceptors (Lipinski definition) is 2. The molecule has 0 heterocycles. The second-order valence-corrected chi connectivity index (χ2v) is 3.38. The Balaban J connectivity index is 3.58. The van der Waals surface area contributed by atoms with E-state index in [9.17, 15) is 4.79 Å². The van der Waals surface area contributed by atoms with Gasteiger partial charge in [-0.15, -0.1) is 6.58 Å². The fraction of sp³-hybridized carbons (Fsp3) is 0.700. The van der Waals surface area contributed by atoms with Gasteiger partial charge in [-0.25, -0.2) is 0 Å². The highest BCUT2D eigenvalue weighted by atomic mass is 16.3. The van der Waals surface area contributed by atoms with Gasteiger partial charge in [0.05, 0.1) is 6.10 Å². The first-order chi connectivity index (χ1) is 6.06. The standard InChI is InChI=1S/C10H19NO2/c1-4-5-6-10(13)11-8(2)7-9(3)12/h4,8-9,12H,1,5-7H2,2-3H3,(H,11,13). The number of hydrogen-bond donors (Lipinski definition) is 2. The Morgan fingerprint density at radius 2 is 2.23 bits per heavy atom. The van der Waals surface area contributed by atoms with E-state index < -0.39 is 0 Å². The summed E-state index contributed by atoms with van der Waals surface area (Å²) in [5, 5.41) is 11.8. The van der Waals surface area contributed by atoms with Crippen LogP contribution in [0.1, 0.15) is 33.1 Å². The van der Waals surface area contributed by atoms with Crippen LogP contribution >= 0.6 is 0 Å². The molecule has 0 aliphatic heterocycles. The van der Waals surface area contributed by atoms with E-state index in [0.29, 0.717) is 19.3 Å². The fourth-order valence-electron chi connectivity index (χ4n) is 1.15. The number of allylic oxidation sites excluding steroid dienone is 1. The average molecular weight is 185 g/mol. The molecule has 3 heteroatoms. The molecule has 0 saturated carbocycles. The van der Waals surface area contributed by atoms with Crippen LogP contribution < -0.4 is 5.32 Å². The van der Waals surface area contributed by atoms with Crippen LogP contribution in [0.3, 0.4) is 0 Å². The summed E-state index contributed by atoms with van der Waals surface area (Å²) >= 11 is 0. The van der Waals surface area contributed by atoms with E-state index in [-0.39, 0.29) is 18.1 Å². The molecular formula is C10H19NO2. The van der Waals surface area contributed by atoms with Crippen LogP contribution in [0.15, 0.2) is 12.7 Å². The van der Waals surface area contributed by atoms with Crippen molar-refractivity contribution in [1.82, 2.24) is 5.32 Å². The maximum absolute atomic E-state index is 11.2. The summed E-state index contributed by atoms with van der Waals surface area (Å²) in [6.07, 6.45) is 3.13. The topological polar surface area (TPSA) is 49.3 Å². The maximum atomic E-state index is 11.2. The van der Waals surface area contributed by atoms with E-state index >= 15 is 0 Å². The van der Waals surface area contributed by atoms with Crippen molar-refractivity contribution in [3.05, 3.63) is 12.7 Å². The molecular weight excluding hydrogens is 166 g/mol. The van der Waals surface area contributed by atoms with Gasteiger partial charge in [-0.3, -0.25) is 4.79 Å². The highest BCUT2D eigenvalue weighted by Crippen LogP contribution is 1.98. The quantitative estimate of drug-likeness (QED) is 0.611. The second-order valence-electron chi connectivity index (χ2n) is 3.38. The van der Waals surface area contributed by atoms with Gasteiger partial charge in [-0.2, -0.15) is 0 Å². The number of rotatable bonds is 6. The predicted octanol–water partition coefficient (Wildman–Crippen LogP) is 1.23. The zero-order valence-corrected chi connectivity index (χ0v) is 8.42. The molecule has 0 aliphatic carbocycles. The number of carbonyl (C=O) groups is 1. The largest absolute Gasteiger partial charge is 0.393 e. The molecule has 0 bridgehead atoms. The molecule has 2 N–H and O–H groups in total. The third kappa shape index (κ3) is 7.53. The summed E-state index contributed by atoms with van der Waals surface area (Å²) in [5.41, 5.74) is 0. The van der Waals surface area contributed by atoms with E-state index in [0.717, 1.165) is 0 Å². The molecule has 1 amide bonds. The molecule has 0 aliphatic rings. The Morgan fingerprint density at radius 3 is 2.69 bits per heavy atom. The van der Waals surface area contributed by atoms with E-state index in [1.807, 2.05) is 6.92 Å². The monoisotopic (exact) mass is 185 g/mol. The number of carbonyl (C=O) groups excluding carboxylic acids is 1. The Bertz CT molecular complexity index is 166. The van der Waals surface area contributed by atoms with Crippen LogP contribution in [0.5, 0.6) is 0 Å². The summed E-state index contributed by atoms with van der Waals surface area (Å²) < 4.78 is 0. The highest BCUT2D eigenvalue weighted by Gasteiger charge is 2.08. The maximum Gasteiger partial charge on any atom is 0.220 e. The lowest BCUT2D eigenvalue weighted by atomic mass is 10.1. The average Bonchev–Trinajstić information content (AvgIpc) is 1.98. The first-order valence-corrected chi connectivity index (χ1v) is 4.64. The third-order valence-electron chi connectivity index (χ3n) is 1.68. The molecule has 0 rings (SSSR count). The van der Waals surface area contributed by atoms with Gasteiger partial charge < -0.3 is 10.4 Å². The highest BCUT2D eigenvalue weighted by molar-refractivity contribution is 5.76. The van der Waals surface area contributed by atoms with Crippen molar-refractivity contribution in [3.8, 4) is 0 Å². The minimum Gasteiger partial charge on any atom is -0.393 e. The smallest absolute Gasteiger partial charge is 0.220 e. The number of aliphatic hydroxyl groups excluding tert-OH is 1. The Hall–Kier alpha value is -0.830. The van der Waals surface area contributed by atoms with Gasteiger partial charge in [0.25, 0.3) is 0 Å². The third-order valence-corrected chi connectivity index (χ3v) is 1.68. The van der Waals surface area contributed by atoms with Crippen molar-refractivity contribution in [2.75, 3.05) is 0 Å². The van der Waals surface area contributed by atoms with Crippen molar-refractivity contribution in [3.63, 3.8) is 0 Å². The van der Waals surface area contributed by atoms with Crippen LogP contribution in [0.4, 0.5) is 0 Å². The molecule has 0 fully saturated rings. The van der Waals surface area contributed by atoms with Gasteiger partial charge in [0.2, 0.25) is 5.91 Å². The molecule has 0 spiro atoms. The van der Waals surface area contributed by atoms with Crippen molar-refractivity contribution in [1.29, 1.82) is 0 Å².